The molecule has 2 aromatic carbocycles. The fourth-order valence-corrected chi connectivity index (χ4v) is 5.12. The molecule has 1 fully saturated rings. The van der Waals surface area contributed by atoms with E-state index in [4.69, 9.17) is 5.26 Å². The van der Waals surface area contributed by atoms with Gasteiger partial charge in [-0.2, -0.15) is 5.26 Å². The van der Waals surface area contributed by atoms with Gasteiger partial charge in [-0.1, -0.05) is 55.2 Å². The van der Waals surface area contributed by atoms with Crippen LogP contribution in [0.3, 0.4) is 0 Å². The van der Waals surface area contributed by atoms with Crippen LogP contribution in [-0.2, 0) is 17.6 Å². The maximum atomic E-state index is 12.6. The van der Waals surface area contributed by atoms with Gasteiger partial charge in [-0.3, -0.25) is 4.79 Å². The number of hydrogen-bond acceptors (Lipinski definition) is 2. The fourth-order valence-electron chi connectivity index (χ4n) is 5.12. The number of rotatable bonds is 8. The van der Waals surface area contributed by atoms with Crippen molar-refractivity contribution in [3.05, 3.63) is 77.0 Å². The quantitative estimate of drug-likeness (QED) is 0.426. The molecule has 0 saturated heterocycles. The fraction of sp³-hybridized carbons (Fsp3) is 0.400. The first-order valence-corrected chi connectivity index (χ1v) is 12.6. The second kappa shape index (κ2) is 11.2. The van der Waals surface area contributed by atoms with Crippen molar-refractivity contribution >= 4 is 5.91 Å². The van der Waals surface area contributed by atoms with E-state index >= 15 is 0 Å². The van der Waals surface area contributed by atoms with Crippen molar-refractivity contribution in [1.29, 1.82) is 5.26 Å². The van der Waals surface area contributed by atoms with Crippen LogP contribution in [0.4, 0.5) is 0 Å². The first kappa shape index (κ1) is 23.8. The van der Waals surface area contributed by atoms with Crippen LogP contribution in [0, 0.1) is 31.1 Å². The molecule has 0 atom stereocenters. The summed E-state index contributed by atoms with van der Waals surface area (Å²) in [5.41, 5.74) is 7.99. The van der Waals surface area contributed by atoms with Gasteiger partial charge in [-0.15, -0.1) is 0 Å². The number of aryl methyl sites for hydroxylation is 3. The van der Waals surface area contributed by atoms with Gasteiger partial charge >= 0.3 is 0 Å². The standard InChI is InChI=1S/C30H35N3O/c1-22-8-15-28(23(2)20-22)29-16-13-27(33(29)26-11-9-24(10-12-26)18-19-31)14-17-30(34)32-21-25-6-4-3-5-7-25/h8-13,15-16,20,25H,3-7,14,17-18,21H2,1-2H3,(H,32,34). The third-order valence-electron chi connectivity index (χ3n) is 7.02. The van der Waals surface area contributed by atoms with Crippen LogP contribution in [0.1, 0.15) is 60.9 Å². The molecule has 0 bridgehead atoms. The number of carbonyl (C=O) groups is 1. The minimum atomic E-state index is 0.135. The molecule has 4 rings (SSSR count). The van der Waals surface area contributed by atoms with Crippen molar-refractivity contribution in [2.24, 2.45) is 5.92 Å². The van der Waals surface area contributed by atoms with Gasteiger partial charge in [-0.05, 0) is 74.4 Å². The summed E-state index contributed by atoms with van der Waals surface area (Å²) in [7, 11) is 0. The van der Waals surface area contributed by atoms with Gasteiger partial charge < -0.3 is 9.88 Å². The minimum absolute atomic E-state index is 0.135. The van der Waals surface area contributed by atoms with Crippen molar-refractivity contribution in [3.8, 4) is 23.0 Å². The van der Waals surface area contributed by atoms with Gasteiger partial charge in [0.25, 0.3) is 0 Å². The Hall–Kier alpha value is -3.32. The monoisotopic (exact) mass is 453 g/mol. The summed E-state index contributed by atoms with van der Waals surface area (Å²) in [6, 6.07) is 21.3. The number of nitriles is 1. The summed E-state index contributed by atoms with van der Waals surface area (Å²) in [6.45, 7) is 5.07. The third-order valence-corrected chi connectivity index (χ3v) is 7.02. The normalized spacial score (nSPS) is 14.0. The van der Waals surface area contributed by atoms with E-state index in [-0.39, 0.29) is 5.91 Å². The van der Waals surface area contributed by atoms with Gasteiger partial charge in [0.15, 0.2) is 0 Å². The Morgan fingerprint density at radius 2 is 1.79 bits per heavy atom. The average Bonchev–Trinajstić information content (AvgIpc) is 3.26. The summed E-state index contributed by atoms with van der Waals surface area (Å²) in [5, 5.41) is 12.2. The zero-order chi connectivity index (χ0) is 23.9. The summed E-state index contributed by atoms with van der Waals surface area (Å²) in [4.78, 5) is 12.6. The van der Waals surface area contributed by atoms with Crippen LogP contribution >= 0.6 is 0 Å². The summed E-state index contributed by atoms with van der Waals surface area (Å²) < 4.78 is 2.27. The molecule has 1 aliphatic rings. The van der Waals surface area contributed by atoms with Crippen molar-refractivity contribution in [2.75, 3.05) is 6.54 Å². The maximum absolute atomic E-state index is 12.6. The van der Waals surface area contributed by atoms with Crippen LogP contribution in [-0.4, -0.2) is 17.0 Å². The molecule has 3 aromatic rings. The molecule has 1 amide bonds. The number of carbonyl (C=O) groups excluding carboxylic acids is 1. The second-order valence-electron chi connectivity index (χ2n) is 9.67. The van der Waals surface area contributed by atoms with Crippen LogP contribution in [0.5, 0.6) is 0 Å². The molecule has 1 saturated carbocycles. The highest BCUT2D eigenvalue weighted by molar-refractivity contribution is 5.76. The maximum Gasteiger partial charge on any atom is 0.220 e. The third kappa shape index (κ3) is 5.78. The Balaban J connectivity index is 1.56. The largest absolute Gasteiger partial charge is 0.356 e. The first-order valence-electron chi connectivity index (χ1n) is 12.6. The second-order valence-corrected chi connectivity index (χ2v) is 9.67. The first-order chi connectivity index (χ1) is 16.5. The topological polar surface area (TPSA) is 57.8 Å². The highest BCUT2D eigenvalue weighted by Gasteiger charge is 2.17. The van der Waals surface area contributed by atoms with Crippen LogP contribution in [0.15, 0.2) is 54.6 Å². The van der Waals surface area contributed by atoms with Gasteiger partial charge in [0, 0.05) is 29.9 Å². The lowest BCUT2D eigenvalue weighted by molar-refractivity contribution is -0.121. The van der Waals surface area contributed by atoms with Gasteiger partial charge in [0.2, 0.25) is 5.91 Å². The van der Waals surface area contributed by atoms with Gasteiger partial charge in [0.05, 0.1) is 18.2 Å². The van der Waals surface area contributed by atoms with E-state index < -0.39 is 0 Å². The molecule has 4 nitrogen and oxygen atoms in total. The predicted octanol–water partition coefficient (Wildman–Crippen LogP) is 6.46. The Morgan fingerprint density at radius 1 is 1.03 bits per heavy atom. The predicted molar refractivity (Wildman–Crippen MR) is 138 cm³/mol. The summed E-state index contributed by atoms with van der Waals surface area (Å²) in [6.07, 6.45) is 7.97. The molecule has 0 unspecified atom stereocenters. The zero-order valence-electron chi connectivity index (χ0n) is 20.4. The Labute approximate surface area is 203 Å². The van der Waals surface area contributed by atoms with E-state index in [0.717, 1.165) is 29.2 Å². The molecule has 0 spiro atoms. The lowest BCUT2D eigenvalue weighted by Crippen LogP contribution is -2.30. The molecule has 1 aliphatic carbocycles. The smallest absolute Gasteiger partial charge is 0.220 e. The van der Waals surface area contributed by atoms with Crippen LogP contribution < -0.4 is 5.32 Å². The number of nitrogens with one attached hydrogen (secondary N) is 1. The molecule has 1 heterocycles. The van der Waals surface area contributed by atoms with Crippen molar-refractivity contribution < 1.29 is 4.79 Å². The lowest BCUT2D eigenvalue weighted by Gasteiger charge is -2.21. The molecule has 4 heteroatoms. The molecular weight excluding hydrogens is 418 g/mol. The summed E-state index contributed by atoms with van der Waals surface area (Å²) >= 11 is 0. The van der Waals surface area contributed by atoms with Crippen molar-refractivity contribution in [1.82, 2.24) is 9.88 Å². The van der Waals surface area contributed by atoms with E-state index in [9.17, 15) is 4.79 Å². The molecule has 1 aromatic heterocycles. The Morgan fingerprint density at radius 3 is 2.50 bits per heavy atom. The molecule has 176 valence electrons. The lowest BCUT2D eigenvalue weighted by atomic mass is 9.89. The number of aromatic nitrogens is 1. The minimum Gasteiger partial charge on any atom is -0.356 e. The Bertz CT molecular complexity index is 1160. The number of amides is 1. The van der Waals surface area contributed by atoms with Crippen LogP contribution in [0.25, 0.3) is 16.9 Å². The highest BCUT2D eigenvalue weighted by Crippen LogP contribution is 2.30. The van der Waals surface area contributed by atoms with Gasteiger partial charge in [-0.25, -0.2) is 0 Å². The molecule has 0 aliphatic heterocycles. The van der Waals surface area contributed by atoms with Crippen molar-refractivity contribution in [3.63, 3.8) is 0 Å². The molecule has 34 heavy (non-hydrogen) atoms. The molecule has 1 N–H and O–H groups in total. The number of hydrogen-bond donors (Lipinski definition) is 1. The SMILES string of the molecule is Cc1ccc(-c2ccc(CCC(=O)NCC3CCCCC3)n2-c2ccc(CC#N)cc2)c(C)c1. The van der Waals surface area contributed by atoms with Crippen molar-refractivity contribution in [2.45, 2.75) is 65.2 Å². The number of nitrogens with zero attached hydrogens (tertiary/aromatic N) is 2. The molecule has 0 radical (unpaired) electrons. The van der Waals surface area contributed by atoms with Gasteiger partial charge in [0.1, 0.15) is 0 Å². The highest BCUT2D eigenvalue weighted by atomic mass is 16.1. The average molecular weight is 454 g/mol. The van der Waals surface area contributed by atoms with Crippen LogP contribution in [0.2, 0.25) is 0 Å². The van der Waals surface area contributed by atoms with E-state index in [2.05, 4.69) is 72.3 Å². The Kier molecular flexibility index (Phi) is 7.85. The zero-order valence-corrected chi connectivity index (χ0v) is 20.4. The van der Waals surface area contributed by atoms with E-state index in [1.807, 2.05) is 12.1 Å². The number of benzene rings is 2. The van der Waals surface area contributed by atoms with E-state index in [0.29, 0.717) is 25.2 Å². The summed E-state index contributed by atoms with van der Waals surface area (Å²) in [5.74, 6) is 0.778. The molecular formula is C30H35N3O. The van der Waals surface area contributed by atoms with E-state index in [1.54, 1.807) is 0 Å². The van der Waals surface area contributed by atoms with E-state index in [1.165, 1.54) is 48.8 Å².